The molecule has 2 fully saturated rings. The molecule has 120 valence electrons. The van der Waals surface area contributed by atoms with Gasteiger partial charge in [0.1, 0.15) is 5.82 Å². The highest BCUT2D eigenvalue weighted by molar-refractivity contribution is 5.96. The summed E-state index contributed by atoms with van der Waals surface area (Å²) in [5, 5.41) is 0. The quantitative estimate of drug-likeness (QED) is 0.840. The molecule has 2 saturated heterocycles. The van der Waals surface area contributed by atoms with Crippen molar-refractivity contribution in [3.63, 3.8) is 0 Å². The van der Waals surface area contributed by atoms with E-state index in [1.807, 2.05) is 0 Å². The van der Waals surface area contributed by atoms with E-state index in [4.69, 9.17) is 4.74 Å². The second kappa shape index (κ2) is 5.97. The van der Waals surface area contributed by atoms with E-state index in [0.717, 1.165) is 18.8 Å². The van der Waals surface area contributed by atoms with Crippen LogP contribution in [-0.2, 0) is 9.53 Å². The van der Waals surface area contributed by atoms with E-state index < -0.39 is 0 Å². The van der Waals surface area contributed by atoms with Gasteiger partial charge in [-0.3, -0.25) is 9.69 Å². The first-order chi connectivity index (χ1) is 10.5. The summed E-state index contributed by atoms with van der Waals surface area (Å²) >= 11 is 0. The van der Waals surface area contributed by atoms with Crippen LogP contribution in [0.1, 0.15) is 20.3 Å². The minimum atomic E-state index is -0.283. The molecule has 0 bridgehead atoms. The molecular weight excluding hydrogens is 283 g/mol. The molecule has 2 aliphatic rings. The zero-order valence-corrected chi connectivity index (χ0v) is 13.2. The normalized spacial score (nSPS) is 26.9. The van der Waals surface area contributed by atoms with Crippen molar-refractivity contribution in [3.8, 4) is 0 Å². The predicted molar refractivity (Wildman–Crippen MR) is 83.3 cm³/mol. The van der Waals surface area contributed by atoms with E-state index in [-0.39, 0.29) is 17.1 Å². The number of ether oxygens (including phenoxy) is 1. The number of nitrogens with zero attached hydrogens (tertiary/aromatic N) is 2. The Morgan fingerprint density at radius 3 is 2.64 bits per heavy atom. The Morgan fingerprint density at radius 2 is 1.95 bits per heavy atom. The first-order valence-electron chi connectivity index (χ1n) is 7.87. The Bertz CT molecular complexity index is 546. The summed E-state index contributed by atoms with van der Waals surface area (Å²) in [6.07, 6.45) is 0.494. The average Bonchev–Trinajstić information content (AvgIpc) is 2.67. The van der Waals surface area contributed by atoms with Gasteiger partial charge in [-0.1, -0.05) is 0 Å². The smallest absolute Gasteiger partial charge is 0.227 e. The highest BCUT2D eigenvalue weighted by Crippen LogP contribution is 2.37. The summed E-state index contributed by atoms with van der Waals surface area (Å²) < 4.78 is 18.9. The zero-order valence-electron chi connectivity index (χ0n) is 13.2. The van der Waals surface area contributed by atoms with Gasteiger partial charge in [0.15, 0.2) is 0 Å². The lowest BCUT2D eigenvalue weighted by atomic mass is 9.87. The lowest BCUT2D eigenvalue weighted by molar-refractivity contribution is -0.118. The van der Waals surface area contributed by atoms with Crippen LogP contribution in [-0.4, -0.2) is 49.7 Å². The highest BCUT2D eigenvalue weighted by Gasteiger charge is 2.46. The van der Waals surface area contributed by atoms with E-state index in [1.54, 1.807) is 17.0 Å². The van der Waals surface area contributed by atoms with Crippen LogP contribution in [0.3, 0.4) is 0 Å². The third-order valence-corrected chi connectivity index (χ3v) is 4.66. The van der Waals surface area contributed by atoms with Crippen molar-refractivity contribution < 1.29 is 13.9 Å². The van der Waals surface area contributed by atoms with Gasteiger partial charge in [-0.05, 0) is 38.1 Å². The van der Waals surface area contributed by atoms with Gasteiger partial charge in [-0.2, -0.15) is 0 Å². The van der Waals surface area contributed by atoms with Crippen LogP contribution in [0.4, 0.5) is 10.1 Å². The molecule has 2 heterocycles. The second-order valence-electron chi connectivity index (χ2n) is 6.75. The number of benzene rings is 1. The molecule has 4 nitrogen and oxygen atoms in total. The van der Waals surface area contributed by atoms with Gasteiger partial charge < -0.3 is 9.64 Å². The average molecular weight is 306 g/mol. The maximum atomic E-state index is 13.1. The summed E-state index contributed by atoms with van der Waals surface area (Å²) in [4.78, 5) is 16.6. The molecule has 1 amide bonds. The maximum absolute atomic E-state index is 13.1. The standard InChI is InChI=1S/C17H23FN2O2/c1-13(2)19-7-8-22-12-17(10-19)9-16(21)20(11-17)15-5-3-14(18)4-6-15/h3-6,13H,7-12H2,1-2H3/t17-/m0/s1. The van der Waals surface area contributed by atoms with Crippen molar-refractivity contribution in [2.24, 2.45) is 5.41 Å². The third-order valence-electron chi connectivity index (χ3n) is 4.66. The summed E-state index contributed by atoms with van der Waals surface area (Å²) in [6.45, 7) is 8.09. The van der Waals surface area contributed by atoms with Crippen LogP contribution in [0.5, 0.6) is 0 Å². The van der Waals surface area contributed by atoms with Crippen LogP contribution in [0.15, 0.2) is 24.3 Å². The van der Waals surface area contributed by atoms with Crippen molar-refractivity contribution in [1.82, 2.24) is 4.90 Å². The van der Waals surface area contributed by atoms with Crippen LogP contribution >= 0.6 is 0 Å². The van der Waals surface area contributed by atoms with Crippen LogP contribution in [0.2, 0.25) is 0 Å². The van der Waals surface area contributed by atoms with Crippen molar-refractivity contribution in [2.45, 2.75) is 26.3 Å². The second-order valence-corrected chi connectivity index (χ2v) is 6.75. The lowest BCUT2D eigenvalue weighted by Gasteiger charge is -2.33. The first-order valence-corrected chi connectivity index (χ1v) is 7.87. The van der Waals surface area contributed by atoms with Crippen molar-refractivity contribution in [2.75, 3.05) is 37.7 Å². The Hall–Kier alpha value is -1.46. The van der Waals surface area contributed by atoms with Gasteiger partial charge in [-0.15, -0.1) is 0 Å². The zero-order chi connectivity index (χ0) is 15.7. The molecule has 1 spiro atoms. The Labute approximate surface area is 130 Å². The molecular formula is C17H23FN2O2. The molecule has 22 heavy (non-hydrogen) atoms. The van der Waals surface area contributed by atoms with Gasteiger partial charge in [0.25, 0.3) is 0 Å². The summed E-state index contributed by atoms with van der Waals surface area (Å²) in [7, 11) is 0. The maximum Gasteiger partial charge on any atom is 0.227 e. The number of hydrogen-bond acceptors (Lipinski definition) is 3. The van der Waals surface area contributed by atoms with Gasteiger partial charge in [0.05, 0.1) is 13.2 Å². The number of amides is 1. The number of hydrogen-bond donors (Lipinski definition) is 0. The fourth-order valence-corrected chi connectivity index (χ4v) is 3.42. The minimum absolute atomic E-state index is 0.0980. The monoisotopic (exact) mass is 306 g/mol. The Morgan fingerprint density at radius 1 is 1.23 bits per heavy atom. The van der Waals surface area contributed by atoms with Gasteiger partial charge >= 0.3 is 0 Å². The summed E-state index contributed by atoms with van der Waals surface area (Å²) in [5.41, 5.74) is 0.607. The molecule has 1 aromatic rings. The Balaban J connectivity index is 1.81. The van der Waals surface area contributed by atoms with E-state index in [1.165, 1.54) is 12.1 Å². The first kappa shape index (κ1) is 15.4. The largest absolute Gasteiger partial charge is 0.379 e. The fraction of sp³-hybridized carbons (Fsp3) is 0.588. The number of rotatable bonds is 2. The lowest BCUT2D eigenvalue weighted by Crippen LogP contribution is -2.43. The molecule has 0 unspecified atom stereocenters. The molecule has 0 aliphatic carbocycles. The van der Waals surface area contributed by atoms with Gasteiger partial charge in [0, 0.05) is 43.2 Å². The molecule has 1 aromatic carbocycles. The van der Waals surface area contributed by atoms with Crippen molar-refractivity contribution in [1.29, 1.82) is 0 Å². The van der Waals surface area contributed by atoms with Crippen LogP contribution in [0, 0.1) is 11.2 Å². The SMILES string of the molecule is CC(C)N1CCOC[C@@]2(CC(=O)N(c3ccc(F)cc3)C2)C1. The molecule has 0 aromatic heterocycles. The molecule has 0 saturated carbocycles. The van der Waals surface area contributed by atoms with E-state index in [9.17, 15) is 9.18 Å². The molecule has 2 aliphatic heterocycles. The minimum Gasteiger partial charge on any atom is -0.379 e. The molecule has 3 rings (SSSR count). The van der Waals surface area contributed by atoms with Crippen LogP contribution < -0.4 is 4.90 Å². The predicted octanol–water partition coefficient (Wildman–Crippen LogP) is 2.29. The summed E-state index contributed by atoms with van der Waals surface area (Å²) in [6, 6.07) is 6.58. The van der Waals surface area contributed by atoms with Gasteiger partial charge in [-0.25, -0.2) is 4.39 Å². The van der Waals surface area contributed by atoms with Crippen LogP contribution in [0.25, 0.3) is 0 Å². The van der Waals surface area contributed by atoms with Crippen molar-refractivity contribution in [3.05, 3.63) is 30.1 Å². The molecule has 1 atom stereocenters. The number of anilines is 1. The van der Waals surface area contributed by atoms with E-state index in [2.05, 4.69) is 18.7 Å². The van der Waals surface area contributed by atoms with E-state index >= 15 is 0 Å². The Kier molecular flexibility index (Phi) is 4.19. The van der Waals surface area contributed by atoms with Gasteiger partial charge in [0.2, 0.25) is 5.91 Å². The number of carbonyl (C=O) groups is 1. The molecule has 5 heteroatoms. The summed E-state index contributed by atoms with van der Waals surface area (Å²) in [5.74, 6) is -0.185. The third kappa shape index (κ3) is 3.01. The fourth-order valence-electron chi connectivity index (χ4n) is 3.42. The topological polar surface area (TPSA) is 32.8 Å². The highest BCUT2D eigenvalue weighted by atomic mass is 19.1. The number of carbonyl (C=O) groups excluding carboxylic acids is 1. The van der Waals surface area contributed by atoms with E-state index in [0.29, 0.717) is 32.2 Å². The molecule has 0 radical (unpaired) electrons. The van der Waals surface area contributed by atoms with Crippen molar-refractivity contribution >= 4 is 11.6 Å². The number of halogens is 1. The molecule has 0 N–H and O–H groups in total.